The second-order valence-corrected chi connectivity index (χ2v) is 6.19. The topological polar surface area (TPSA) is 71.8 Å². The predicted octanol–water partition coefficient (Wildman–Crippen LogP) is 4.26. The average molecular weight is 369 g/mol. The summed E-state index contributed by atoms with van der Waals surface area (Å²) in [6, 6.07) is 23.2. The number of urea groups is 1. The second kappa shape index (κ2) is 8.18. The largest absolute Gasteiger partial charge is 0.334 e. The van der Waals surface area contributed by atoms with Gasteiger partial charge in [0.15, 0.2) is 5.82 Å². The predicted molar refractivity (Wildman–Crippen MR) is 109 cm³/mol. The Balaban J connectivity index is 1.38. The lowest BCUT2D eigenvalue weighted by atomic mass is 10.1. The molecule has 2 aromatic carbocycles. The summed E-state index contributed by atoms with van der Waals surface area (Å²) in [4.78, 5) is 16.6. The van der Waals surface area contributed by atoms with Gasteiger partial charge in [-0.25, -0.2) is 14.5 Å². The summed E-state index contributed by atoms with van der Waals surface area (Å²) in [6.07, 6.45) is 5.22. The van der Waals surface area contributed by atoms with Crippen molar-refractivity contribution < 1.29 is 4.79 Å². The van der Waals surface area contributed by atoms with Gasteiger partial charge < -0.3 is 10.6 Å². The molecule has 2 aromatic heterocycles. The first kappa shape index (κ1) is 17.5. The highest BCUT2D eigenvalue weighted by Crippen LogP contribution is 2.21. The maximum atomic E-state index is 12.3. The van der Waals surface area contributed by atoms with Gasteiger partial charge in [0.05, 0.1) is 0 Å². The van der Waals surface area contributed by atoms with Crippen LogP contribution in [0.3, 0.4) is 0 Å². The van der Waals surface area contributed by atoms with E-state index in [0.29, 0.717) is 12.4 Å². The summed E-state index contributed by atoms with van der Waals surface area (Å²) < 4.78 is 1.68. The smallest absolute Gasteiger partial charge is 0.319 e. The van der Waals surface area contributed by atoms with Crippen LogP contribution in [-0.2, 0) is 6.54 Å². The standard InChI is InChI=1S/C22H19N5O/c28-22(24-16-19-8-4-13-23-21(19)27-15-5-14-25-27)26-20-11-9-18(10-12-20)17-6-2-1-3-7-17/h1-15H,16H2,(H2,24,26,28). The SMILES string of the molecule is O=C(NCc1cccnc1-n1cccn1)Nc1ccc(-c2ccccc2)cc1. The minimum atomic E-state index is -0.275. The third kappa shape index (κ3) is 4.07. The summed E-state index contributed by atoms with van der Waals surface area (Å²) in [7, 11) is 0. The third-order valence-corrected chi connectivity index (χ3v) is 4.28. The van der Waals surface area contributed by atoms with E-state index >= 15 is 0 Å². The molecule has 4 aromatic rings. The minimum Gasteiger partial charge on any atom is -0.334 e. The Bertz CT molecular complexity index is 1040. The molecule has 0 fully saturated rings. The molecule has 28 heavy (non-hydrogen) atoms. The lowest BCUT2D eigenvalue weighted by molar-refractivity contribution is 0.251. The fraction of sp³-hybridized carbons (Fsp3) is 0.0455. The Kier molecular flexibility index (Phi) is 5.11. The highest BCUT2D eigenvalue weighted by atomic mass is 16.2. The van der Waals surface area contributed by atoms with E-state index in [4.69, 9.17) is 0 Å². The van der Waals surface area contributed by atoms with E-state index in [1.54, 1.807) is 17.1 Å². The zero-order valence-corrected chi connectivity index (χ0v) is 15.1. The fourth-order valence-electron chi connectivity index (χ4n) is 2.90. The number of carbonyl (C=O) groups excluding carboxylic acids is 1. The van der Waals surface area contributed by atoms with E-state index < -0.39 is 0 Å². The Morgan fingerprint density at radius 3 is 2.39 bits per heavy atom. The Hall–Kier alpha value is -3.93. The van der Waals surface area contributed by atoms with Crippen LogP contribution in [0.5, 0.6) is 0 Å². The highest BCUT2D eigenvalue weighted by Gasteiger charge is 2.08. The van der Waals surface area contributed by atoms with E-state index in [1.165, 1.54) is 0 Å². The molecule has 2 heterocycles. The molecule has 6 heteroatoms. The number of nitrogens with one attached hydrogen (secondary N) is 2. The number of nitrogens with zero attached hydrogens (tertiary/aromatic N) is 3. The lowest BCUT2D eigenvalue weighted by Gasteiger charge is -2.11. The summed E-state index contributed by atoms with van der Waals surface area (Å²) in [6.45, 7) is 0.344. The van der Waals surface area contributed by atoms with Crippen LogP contribution in [0, 0.1) is 0 Å². The number of hydrogen-bond donors (Lipinski definition) is 2. The second-order valence-electron chi connectivity index (χ2n) is 6.19. The monoisotopic (exact) mass is 369 g/mol. The Morgan fingerprint density at radius 2 is 1.64 bits per heavy atom. The van der Waals surface area contributed by atoms with Crippen LogP contribution in [0.2, 0.25) is 0 Å². The zero-order chi connectivity index (χ0) is 19.2. The minimum absolute atomic E-state index is 0.275. The first-order valence-electron chi connectivity index (χ1n) is 8.94. The van der Waals surface area contributed by atoms with Gasteiger partial charge in [0, 0.05) is 36.4 Å². The van der Waals surface area contributed by atoms with E-state index in [9.17, 15) is 4.79 Å². The summed E-state index contributed by atoms with van der Waals surface area (Å²) in [5.41, 5.74) is 3.85. The fourth-order valence-corrected chi connectivity index (χ4v) is 2.90. The average Bonchev–Trinajstić information content (AvgIpc) is 3.28. The summed E-state index contributed by atoms with van der Waals surface area (Å²) in [5.74, 6) is 0.694. The van der Waals surface area contributed by atoms with Gasteiger partial charge in [0.2, 0.25) is 0 Å². The molecular weight excluding hydrogens is 350 g/mol. The molecule has 0 aliphatic rings. The number of amides is 2. The zero-order valence-electron chi connectivity index (χ0n) is 15.1. The molecule has 0 aliphatic carbocycles. The molecule has 4 rings (SSSR count). The van der Waals surface area contributed by atoms with Crippen molar-refractivity contribution in [3.05, 3.63) is 97.0 Å². The molecule has 2 amide bonds. The van der Waals surface area contributed by atoms with Gasteiger partial charge >= 0.3 is 6.03 Å². The number of rotatable bonds is 5. The normalized spacial score (nSPS) is 10.4. The van der Waals surface area contributed by atoms with Crippen molar-refractivity contribution in [3.8, 4) is 16.9 Å². The van der Waals surface area contributed by atoms with Gasteiger partial charge in [-0.05, 0) is 35.4 Å². The molecule has 0 atom stereocenters. The van der Waals surface area contributed by atoms with Gasteiger partial charge in [0.25, 0.3) is 0 Å². The van der Waals surface area contributed by atoms with Crippen molar-refractivity contribution in [2.75, 3.05) is 5.32 Å². The van der Waals surface area contributed by atoms with Gasteiger partial charge in [0.1, 0.15) is 0 Å². The number of carbonyl (C=O) groups is 1. The third-order valence-electron chi connectivity index (χ3n) is 4.28. The molecule has 0 unspecified atom stereocenters. The van der Waals surface area contributed by atoms with Crippen LogP contribution in [0.25, 0.3) is 16.9 Å². The van der Waals surface area contributed by atoms with Crippen molar-refractivity contribution in [1.29, 1.82) is 0 Å². The summed E-state index contributed by atoms with van der Waals surface area (Å²) in [5, 5.41) is 9.92. The number of anilines is 1. The van der Waals surface area contributed by atoms with Crippen molar-refractivity contribution in [2.45, 2.75) is 6.54 Å². The Labute approximate surface area is 162 Å². The number of hydrogen-bond acceptors (Lipinski definition) is 3. The molecule has 0 bridgehead atoms. The van der Waals surface area contributed by atoms with Crippen molar-refractivity contribution in [2.24, 2.45) is 0 Å². The van der Waals surface area contributed by atoms with Crippen LogP contribution in [0.15, 0.2) is 91.4 Å². The quantitative estimate of drug-likeness (QED) is 0.552. The molecule has 0 saturated carbocycles. The molecule has 0 spiro atoms. The molecule has 0 radical (unpaired) electrons. The molecule has 138 valence electrons. The maximum Gasteiger partial charge on any atom is 0.319 e. The van der Waals surface area contributed by atoms with Crippen molar-refractivity contribution in [1.82, 2.24) is 20.1 Å². The number of benzene rings is 2. The maximum absolute atomic E-state index is 12.3. The molecular formula is C22H19N5O. The molecule has 2 N–H and O–H groups in total. The molecule has 0 aliphatic heterocycles. The van der Waals surface area contributed by atoms with Crippen molar-refractivity contribution in [3.63, 3.8) is 0 Å². The highest BCUT2D eigenvalue weighted by molar-refractivity contribution is 5.89. The van der Waals surface area contributed by atoms with Gasteiger partial charge in [-0.1, -0.05) is 48.5 Å². The van der Waals surface area contributed by atoms with E-state index in [-0.39, 0.29) is 6.03 Å². The van der Waals surface area contributed by atoms with Crippen molar-refractivity contribution >= 4 is 11.7 Å². The van der Waals surface area contributed by atoms with E-state index in [0.717, 1.165) is 22.4 Å². The van der Waals surface area contributed by atoms with Gasteiger partial charge in [-0.3, -0.25) is 0 Å². The first-order valence-corrected chi connectivity index (χ1v) is 8.94. The Morgan fingerprint density at radius 1 is 0.857 bits per heavy atom. The van der Waals surface area contributed by atoms with Crippen LogP contribution in [0.4, 0.5) is 10.5 Å². The van der Waals surface area contributed by atoms with Gasteiger partial charge in [-0.15, -0.1) is 0 Å². The lowest BCUT2D eigenvalue weighted by Crippen LogP contribution is -2.28. The van der Waals surface area contributed by atoms with Crippen LogP contribution in [0.1, 0.15) is 5.56 Å². The first-order chi connectivity index (χ1) is 13.8. The molecule has 0 saturated heterocycles. The van der Waals surface area contributed by atoms with Crippen LogP contribution >= 0.6 is 0 Å². The molecule has 6 nitrogen and oxygen atoms in total. The summed E-state index contributed by atoms with van der Waals surface area (Å²) >= 11 is 0. The van der Waals surface area contributed by atoms with E-state index in [2.05, 4.69) is 32.8 Å². The van der Waals surface area contributed by atoms with E-state index in [1.807, 2.05) is 66.9 Å². The van der Waals surface area contributed by atoms with Crippen LogP contribution < -0.4 is 10.6 Å². The number of aromatic nitrogens is 3. The number of pyridine rings is 1. The van der Waals surface area contributed by atoms with Crippen LogP contribution in [-0.4, -0.2) is 20.8 Å². The van der Waals surface area contributed by atoms with Gasteiger partial charge in [-0.2, -0.15) is 5.10 Å².